The first-order valence-corrected chi connectivity index (χ1v) is 13.2. The minimum atomic E-state index is -0.501. The van der Waals surface area contributed by atoms with Crippen LogP contribution in [0, 0.1) is 5.82 Å². The summed E-state index contributed by atoms with van der Waals surface area (Å²) in [5.41, 5.74) is 3.28. The van der Waals surface area contributed by atoms with Crippen molar-refractivity contribution in [3.05, 3.63) is 66.0 Å². The van der Waals surface area contributed by atoms with E-state index in [-0.39, 0.29) is 5.52 Å². The summed E-state index contributed by atoms with van der Waals surface area (Å²) in [5.74, 6) is -0.510. The van der Waals surface area contributed by atoms with Crippen molar-refractivity contribution in [2.75, 3.05) is 28.6 Å². The van der Waals surface area contributed by atoms with Crippen LogP contribution in [0.4, 0.5) is 21.7 Å². The Kier molecular flexibility index (Phi) is 6.54. The highest BCUT2D eigenvalue weighted by atomic mass is 19.1. The van der Waals surface area contributed by atoms with Crippen LogP contribution in [0.25, 0.3) is 21.8 Å². The van der Waals surface area contributed by atoms with Gasteiger partial charge in [-0.1, -0.05) is 0 Å². The van der Waals surface area contributed by atoms with Crippen LogP contribution in [0.2, 0.25) is 0 Å². The van der Waals surface area contributed by atoms with Gasteiger partial charge in [0.15, 0.2) is 5.82 Å². The smallest absolute Gasteiger partial charge is 0.257 e. The van der Waals surface area contributed by atoms with Gasteiger partial charge in [0.05, 0.1) is 23.3 Å². The van der Waals surface area contributed by atoms with E-state index in [0.717, 1.165) is 29.9 Å². The van der Waals surface area contributed by atoms with Gasteiger partial charge in [0.25, 0.3) is 5.91 Å². The Morgan fingerprint density at radius 1 is 1.07 bits per heavy atom. The van der Waals surface area contributed by atoms with Crippen LogP contribution in [0.3, 0.4) is 0 Å². The largest absolute Gasteiger partial charge is 0.368 e. The van der Waals surface area contributed by atoms with E-state index < -0.39 is 11.7 Å². The van der Waals surface area contributed by atoms with E-state index >= 15 is 0 Å². The third-order valence-corrected chi connectivity index (χ3v) is 7.00. The molecule has 1 fully saturated rings. The molecule has 0 spiro atoms. The normalized spacial score (nSPS) is 17.5. The number of aromatic nitrogens is 6. The zero-order valence-corrected chi connectivity index (χ0v) is 22.8. The Labute approximate surface area is 230 Å². The van der Waals surface area contributed by atoms with Crippen LogP contribution < -0.4 is 20.9 Å². The standard InChI is InChI=1S/C28H31FN10O/c1-16-13-39(14-17(2)32-16)24-6-5-21(27(40)33-20-9-18-15-38(4)36-25(18)23(29)10-20)26-22(24)12-31-28(34-26)30-11-19-7-8-37(3)35-19/h5-10,12,15-17,32H,11,13-14H2,1-4H3,(H,33,40)(H,30,31,34)/t16-,17-/m0/s1. The maximum absolute atomic E-state index is 14.7. The molecule has 2 aromatic carbocycles. The van der Waals surface area contributed by atoms with Gasteiger partial charge in [-0.2, -0.15) is 10.2 Å². The maximum atomic E-state index is 14.7. The molecule has 0 bridgehead atoms. The number of hydrogen-bond acceptors (Lipinski definition) is 8. The number of anilines is 3. The molecule has 0 radical (unpaired) electrons. The molecule has 0 unspecified atom stereocenters. The van der Waals surface area contributed by atoms with E-state index in [0.29, 0.717) is 46.7 Å². The number of benzene rings is 2. The number of carbonyl (C=O) groups is 1. The Hall–Kier alpha value is -4.58. The van der Waals surface area contributed by atoms with Crippen molar-refractivity contribution < 1.29 is 9.18 Å². The van der Waals surface area contributed by atoms with E-state index in [2.05, 4.69) is 49.9 Å². The average molecular weight is 543 g/mol. The molecule has 1 saturated heterocycles. The van der Waals surface area contributed by atoms with Crippen molar-refractivity contribution in [2.24, 2.45) is 14.1 Å². The van der Waals surface area contributed by atoms with Crippen molar-refractivity contribution in [3.63, 3.8) is 0 Å². The van der Waals surface area contributed by atoms with Crippen LogP contribution in [-0.2, 0) is 20.6 Å². The molecule has 3 N–H and O–H groups in total. The van der Waals surface area contributed by atoms with Gasteiger partial charge in [-0.15, -0.1) is 0 Å². The zero-order chi connectivity index (χ0) is 28.0. The maximum Gasteiger partial charge on any atom is 0.257 e. The Morgan fingerprint density at radius 3 is 2.62 bits per heavy atom. The summed E-state index contributed by atoms with van der Waals surface area (Å²) in [4.78, 5) is 25.2. The Morgan fingerprint density at radius 2 is 1.88 bits per heavy atom. The minimum Gasteiger partial charge on any atom is -0.368 e. The molecule has 11 nitrogen and oxygen atoms in total. The van der Waals surface area contributed by atoms with Gasteiger partial charge < -0.3 is 20.9 Å². The fraction of sp³-hybridized carbons (Fsp3) is 0.321. The number of hydrogen-bond donors (Lipinski definition) is 3. The van der Waals surface area contributed by atoms with Crippen LogP contribution in [0.15, 0.2) is 48.9 Å². The molecule has 1 aliphatic rings. The number of halogens is 1. The summed E-state index contributed by atoms with van der Waals surface area (Å²) in [5, 5.41) is 19.5. The highest BCUT2D eigenvalue weighted by molar-refractivity contribution is 6.14. The summed E-state index contributed by atoms with van der Waals surface area (Å²) in [7, 11) is 3.59. The average Bonchev–Trinajstić information content (AvgIpc) is 3.50. The van der Waals surface area contributed by atoms with Gasteiger partial charge in [0.1, 0.15) is 5.52 Å². The molecule has 206 valence electrons. The SMILES string of the molecule is C[C@H]1CN(c2ccc(C(=O)Nc3cc(F)c4nn(C)cc4c3)c3nc(NCc4ccn(C)n4)ncc23)C[C@H](C)N1. The third kappa shape index (κ3) is 5.05. The third-order valence-electron chi connectivity index (χ3n) is 7.00. The first kappa shape index (κ1) is 25.7. The van der Waals surface area contributed by atoms with Gasteiger partial charge in [-0.05, 0) is 44.2 Å². The lowest BCUT2D eigenvalue weighted by atomic mass is 10.0. The lowest BCUT2D eigenvalue weighted by Gasteiger charge is -2.38. The van der Waals surface area contributed by atoms with Crippen LogP contribution in [0.5, 0.6) is 0 Å². The summed E-state index contributed by atoms with van der Waals surface area (Å²) in [6.45, 7) is 6.37. The second kappa shape index (κ2) is 10.2. The van der Waals surface area contributed by atoms with Crippen molar-refractivity contribution in [1.82, 2.24) is 34.8 Å². The van der Waals surface area contributed by atoms with Crippen LogP contribution in [0.1, 0.15) is 29.9 Å². The summed E-state index contributed by atoms with van der Waals surface area (Å²) in [6, 6.07) is 9.23. The topological polar surface area (TPSA) is 118 Å². The Balaban J connectivity index is 1.37. The summed E-state index contributed by atoms with van der Waals surface area (Å²) < 4.78 is 18.0. The number of aryl methyl sites for hydroxylation is 2. The van der Waals surface area contributed by atoms with Gasteiger partial charge >= 0.3 is 0 Å². The second-order valence-electron chi connectivity index (χ2n) is 10.4. The predicted octanol–water partition coefficient (Wildman–Crippen LogP) is 3.44. The van der Waals surface area contributed by atoms with E-state index in [9.17, 15) is 9.18 Å². The molecular weight excluding hydrogens is 511 g/mol. The molecule has 4 heterocycles. The molecule has 3 aromatic heterocycles. The lowest BCUT2D eigenvalue weighted by Crippen LogP contribution is -2.54. The molecule has 12 heteroatoms. The van der Waals surface area contributed by atoms with Crippen LogP contribution >= 0.6 is 0 Å². The monoisotopic (exact) mass is 542 g/mol. The number of nitrogens with one attached hydrogen (secondary N) is 3. The van der Waals surface area contributed by atoms with E-state index in [1.54, 1.807) is 40.9 Å². The number of rotatable bonds is 6. The lowest BCUT2D eigenvalue weighted by molar-refractivity contribution is 0.102. The van der Waals surface area contributed by atoms with Gasteiger partial charge in [-0.25, -0.2) is 14.4 Å². The molecule has 6 rings (SSSR count). The fourth-order valence-corrected chi connectivity index (χ4v) is 5.38. The van der Waals surface area contributed by atoms with Gasteiger partial charge in [-0.3, -0.25) is 14.2 Å². The summed E-state index contributed by atoms with van der Waals surface area (Å²) in [6.07, 6.45) is 5.34. The zero-order valence-electron chi connectivity index (χ0n) is 22.8. The van der Waals surface area contributed by atoms with Crippen molar-refractivity contribution in [1.29, 1.82) is 0 Å². The number of amides is 1. The first-order chi connectivity index (χ1) is 19.2. The molecular formula is C28H31FN10O. The Bertz CT molecular complexity index is 1720. The highest BCUT2D eigenvalue weighted by Gasteiger charge is 2.25. The van der Waals surface area contributed by atoms with E-state index in [1.165, 1.54) is 6.07 Å². The number of fused-ring (bicyclic) bond motifs is 2. The fourth-order valence-electron chi connectivity index (χ4n) is 5.38. The quantitative estimate of drug-likeness (QED) is 0.299. The number of nitrogens with zero attached hydrogens (tertiary/aromatic N) is 7. The molecule has 40 heavy (non-hydrogen) atoms. The first-order valence-electron chi connectivity index (χ1n) is 13.2. The molecule has 1 amide bonds. The second-order valence-corrected chi connectivity index (χ2v) is 10.4. The molecule has 0 aliphatic carbocycles. The van der Waals surface area contributed by atoms with Gasteiger partial charge in [0.2, 0.25) is 5.95 Å². The molecule has 5 aromatic rings. The summed E-state index contributed by atoms with van der Waals surface area (Å²) >= 11 is 0. The van der Waals surface area contributed by atoms with E-state index in [4.69, 9.17) is 4.98 Å². The number of carbonyl (C=O) groups excluding carboxylic acids is 1. The van der Waals surface area contributed by atoms with Crippen molar-refractivity contribution in [2.45, 2.75) is 32.5 Å². The van der Waals surface area contributed by atoms with Crippen molar-refractivity contribution in [3.8, 4) is 0 Å². The minimum absolute atomic E-state index is 0.256. The molecule has 0 saturated carbocycles. The van der Waals surface area contributed by atoms with E-state index in [1.807, 2.05) is 25.4 Å². The number of piperazine rings is 1. The van der Waals surface area contributed by atoms with Crippen LogP contribution in [-0.4, -0.2) is 60.6 Å². The molecule has 2 atom stereocenters. The predicted molar refractivity (Wildman–Crippen MR) is 153 cm³/mol. The van der Waals surface area contributed by atoms with Gasteiger partial charge in [0, 0.05) is 80.0 Å². The highest BCUT2D eigenvalue weighted by Crippen LogP contribution is 2.31. The molecule has 1 aliphatic heterocycles. The van der Waals surface area contributed by atoms with Crippen molar-refractivity contribution >= 4 is 45.0 Å².